The average Bonchev–Trinajstić information content (AvgIpc) is 2.42. The van der Waals surface area contributed by atoms with Crippen LogP contribution in [0.5, 0.6) is 0 Å². The third kappa shape index (κ3) is 7.68. The highest BCUT2D eigenvalue weighted by Crippen LogP contribution is 2.16. The summed E-state index contributed by atoms with van der Waals surface area (Å²) in [7, 11) is 0. The Balaban J connectivity index is 3.74. The van der Waals surface area contributed by atoms with Crippen LogP contribution in [0.3, 0.4) is 0 Å². The van der Waals surface area contributed by atoms with Gasteiger partial charge in [0.15, 0.2) is 0 Å². The molecule has 106 valence electrons. The van der Waals surface area contributed by atoms with E-state index < -0.39 is 0 Å². The van der Waals surface area contributed by atoms with Gasteiger partial charge in [-0.3, -0.25) is 5.32 Å². The molecule has 1 unspecified atom stereocenters. The zero-order chi connectivity index (χ0) is 13.7. The van der Waals surface area contributed by atoms with Crippen LogP contribution in [0.15, 0.2) is 0 Å². The van der Waals surface area contributed by atoms with Crippen molar-refractivity contribution >= 4 is 0 Å². The van der Waals surface area contributed by atoms with E-state index in [2.05, 4.69) is 32.2 Å². The molecule has 0 saturated heterocycles. The van der Waals surface area contributed by atoms with Gasteiger partial charge in [0.1, 0.15) is 5.54 Å². The number of rotatable bonds is 12. The average molecular weight is 254 g/mol. The molecular weight excluding hydrogens is 224 g/mol. The molecule has 0 aromatic carbocycles. The van der Waals surface area contributed by atoms with E-state index in [9.17, 15) is 5.26 Å². The summed E-state index contributed by atoms with van der Waals surface area (Å²) in [5.74, 6) is 0. The second-order valence-electron chi connectivity index (χ2n) is 4.90. The molecule has 0 aromatic heterocycles. The van der Waals surface area contributed by atoms with Gasteiger partial charge in [0.05, 0.1) is 6.07 Å². The van der Waals surface area contributed by atoms with Crippen molar-refractivity contribution in [2.45, 2.75) is 71.3 Å². The molecule has 1 N–H and O–H groups in total. The van der Waals surface area contributed by atoms with Crippen molar-refractivity contribution in [1.29, 1.82) is 5.26 Å². The first kappa shape index (κ1) is 17.4. The summed E-state index contributed by atoms with van der Waals surface area (Å²) in [5.41, 5.74) is -0.344. The van der Waals surface area contributed by atoms with E-state index in [0.29, 0.717) is 0 Å². The van der Waals surface area contributed by atoms with Gasteiger partial charge in [-0.25, -0.2) is 0 Å². The quantitative estimate of drug-likeness (QED) is 0.541. The Bertz CT molecular complexity index is 225. The van der Waals surface area contributed by atoms with Crippen LogP contribution in [0.1, 0.15) is 65.7 Å². The maximum Gasteiger partial charge on any atom is 0.106 e. The minimum atomic E-state index is -0.344. The Hall–Kier alpha value is -0.590. The summed E-state index contributed by atoms with van der Waals surface area (Å²) >= 11 is 0. The first-order valence-electron chi connectivity index (χ1n) is 7.48. The molecule has 18 heavy (non-hydrogen) atoms. The summed E-state index contributed by atoms with van der Waals surface area (Å²) in [6.07, 6.45) is 7.41. The first-order chi connectivity index (χ1) is 8.74. The minimum Gasteiger partial charge on any atom is -0.381 e. The summed E-state index contributed by atoms with van der Waals surface area (Å²) in [5, 5.41) is 12.7. The smallest absolute Gasteiger partial charge is 0.106 e. The molecule has 3 heteroatoms. The summed E-state index contributed by atoms with van der Waals surface area (Å²) < 4.78 is 5.59. The molecule has 0 amide bonds. The van der Waals surface area contributed by atoms with Gasteiger partial charge in [0, 0.05) is 13.2 Å². The fourth-order valence-electron chi connectivity index (χ4n) is 1.96. The standard InChI is InChI=1S/C15H30N2O/c1-4-7-8-12-18-13-9-10-15(6-3,14-16)17-11-5-2/h17H,4-13H2,1-3H3. The number of hydrogen-bond donors (Lipinski definition) is 1. The fraction of sp³-hybridized carbons (Fsp3) is 0.933. The molecule has 0 aliphatic heterocycles. The molecule has 0 spiro atoms. The van der Waals surface area contributed by atoms with Crippen LogP contribution in [0.25, 0.3) is 0 Å². The number of hydrogen-bond acceptors (Lipinski definition) is 3. The SMILES string of the molecule is CCCCCOCCCC(C#N)(CC)NCCC. The van der Waals surface area contributed by atoms with Crippen LogP contribution >= 0.6 is 0 Å². The predicted molar refractivity (Wildman–Crippen MR) is 76.5 cm³/mol. The number of nitriles is 1. The molecule has 0 aromatic rings. The zero-order valence-electron chi connectivity index (χ0n) is 12.4. The van der Waals surface area contributed by atoms with Gasteiger partial charge in [-0.15, -0.1) is 0 Å². The summed E-state index contributed by atoms with van der Waals surface area (Å²) in [6, 6.07) is 2.44. The van der Waals surface area contributed by atoms with Crippen molar-refractivity contribution in [3.63, 3.8) is 0 Å². The van der Waals surface area contributed by atoms with E-state index in [1.165, 1.54) is 12.8 Å². The van der Waals surface area contributed by atoms with Crippen LogP contribution in [0.4, 0.5) is 0 Å². The van der Waals surface area contributed by atoms with E-state index in [-0.39, 0.29) is 5.54 Å². The zero-order valence-corrected chi connectivity index (χ0v) is 12.4. The summed E-state index contributed by atoms with van der Waals surface area (Å²) in [6.45, 7) is 8.96. The number of unbranched alkanes of at least 4 members (excludes halogenated alkanes) is 2. The van der Waals surface area contributed by atoms with Crippen LogP contribution in [-0.4, -0.2) is 25.3 Å². The van der Waals surface area contributed by atoms with E-state index in [0.717, 1.165) is 51.9 Å². The molecule has 3 nitrogen and oxygen atoms in total. The van der Waals surface area contributed by atoms with E-state index in [4.69, 9.17) is 4.74 Å². The van der Waals surface area contributed by atoms with Crippen molar-refractivity contribution in [3.8, 4) is 6.07 Å². The maximum atomic E-state index is 9.32. The number of nitrogens with zero attached hydrogens (tertiary/aromatic N) is 1. The Morgan fingerprint density at radius 3 is 2.33 bits per heavy atom. The third-order valence-electron chi connectivity index (χ3n) is 3.32. The van der Waals surface area contributed by atoms with Crippen LogP contribution < -0.4 is 5.32 Å². The molecule has 0 radical (unpaired) electrons. The monoisotopic (exact) mass is 254 g/mol. The third-order valence-corrected chi connectivity index (χ3v) is 3.32. The van der Waals surface area contributed by atoms with Gasteiger partial charge >= 0.3 is 0 Å². The van der Waals surface area contributed by atoms with E-state index in [1.54, 1.807) is 0 Å². The van der Waals surface area contributed by atoms with Gasteiger partial charge in [0.2, 0.25) is 0 Å². The lowest BCUT2D eigenvalue weighted by Crippen LogP contribution is -2.44. The Morgan fingerprint density at radius 1 is 1.06 bits per heavy atom. The molecule has 0 bridgehead atoms. The largest absolute Gasteiger partial charge is 0.381 e. The van der Waals surface area contributed by atoms with Crippen LogP contribution in [0.2, 0.25) is 0 Å². The van der Waals surface area contributed by atoms with Gasteiger partial charge < -0.3 is 4.74 Å². The normalized spacial score (nSPS) is 14.1. The highest BCUT2D eigenvalue weighted by Gasteiger charge is 2.25. The summed E-state index contributed by atoms with van der Waals surface area (Å²) in [4.78, 5) is 0. The molecule has 0 fully saturated rings. The highest BCUT2D eigenvalue weighted by atomic mass is 16.5. The molecular formula is C15H30N2O. The van der Waals surface area contributed by atoms with E-state index in [1.807, 2.05) is 0 Å². The lowest BCUT2D eigenvalue weighted by atomic mass is 9.92. The molecule has 0 rings (SSSR count). The highest BCUT2D eigenvalue weighted by molar-refractivity contribution is 5.05. The second kappa shape index (κ2) is 11.5. The van der Waals surface area contributed by atoms with Crippen molar-refractivity contribution in [2.24, 2.45) is 0 Å². The molecule has 1 atom stereocenters. The lowest BCUT2D eigenvalue weighted by Gasteiger charge is -2.26. The predicted octanol–water partition coefficient (Wildman–Crippen LogP) is 3.65. The molecule has 0 aliphatic carbocycles. The van der Waals surface area contributed by atoms with Crippen molar-refractivity contribution in [3.05, 3.63) is 0 Å². The van der Waals surface area contributed by atoms with Gasteiger partial charge in [0.25, 0.3) is 0 Å². The topological polar surface area (TPSA) is 45.0 Å². The maximum absolute atomic E-state index is 9.32. The van der Waals surface area contributed by atoms with Gasteiger partial charge in [-0.05, 0) is 38.6 Å². The Morgan fingerprint density at radius 2 is 1.78 bits per heavy atom. The Labute approximate surface area is 113 Å². The number of nitrogens with one attached hydrogen (secondary N) is 1. The number of ether oxygens (including phenoxy) is 1. The molecule has 0 aliphatic rings. The first-order valence-corrected chi connectivity index (χ1v) is 7.48. The van der Waals surface area contributed by atoms with Gasteiger partial charge in [-0.2, -0.15) is 5.26 Å². The van der Waals surface area contributed by atoms with Crippen LogP contribution in [-0.2, 0) is 4.74 Å². The Kier molecular flexibility index (Phi) is 11.1. The molecule has 0 heterocycles. The van der Waals surface area contributed by atoms with E-state index >= 15 is 0 Å². The van der Waals surface area contributed by atoms with Crippen molar-refractivity contribution in [2.75, 3.05) is 19.8 Å². The minimum absolute atomic E-state index is 0.344. The van der Waals surface area contributed by atoms with Crippen molar-refractivity contribution in [1.82, 2.24) is 5.32 Å². The lowest BCUT2D eigenvalue weighted by molar-refractivity contribution is 0.121. The second-order valence-corrected chi connectivity index (χ2v) is 4.90. The fourth-order valence-corrected chi connectivity index (χ4v) is 1.96. The van der Waals surface area contributed by atoms with Crippen molar-refractivity contribution < 1.29 is 4.74 Å². The van der Waals surface area contributed by atoms with Gasteiger partial charge in [-0.1, -0.05) is 33.6 Å². The molecule has 0 saturated carbocycles. The van der Waals surface area contributed by atoms with Crippen LogP contribution in [0, 0.1) is 11.3 Å².